The highest BCUT2D eigenvalue weighted by Gasteiger charge is 2.05. The first-order valence-electron chi connectivity index (χ1n) is 6.07. The van der Waals surface area contributed by atoms with Crippen molar-refractivity contribution in [1.82, 2.24) is 9.97 Å². The summed E-state index contributed by atoms with van der Waals surface area (Å²) in [5.74, 6) is 0.724. The molecule has 0 radical (unpaired) electrons. The third-order valence-electron chi connectivity index (χ3n) is 3.09. The van der Waals surface area contributed by atoms with Gasteiger partial charge in [-0.3, -0.25) is 0 Å². The maximum atomic E-state index is 6.00. The van der Waals surface area contributed by atoms with Crippen LogP contribution in [0.1, 0.15) is 5.56 Å². The Labute approximate surface area is 130 Å². The minimum Gasteiger partial charge on any atom is -0.340 e. The number of rotatable bonds is 2. The van der Waals surface area contributed by atoms with Gasteiger partial charge in [0, 0.05) is 15.7 Å². The summed E-state index contributed by atoms with van der Waals surface area (Å²) in [7, 11) is 0. The van der Waals surface area contributed by atoms with E-state index in [1.165, 1.54) is 11.7 Å². The van der Waals surface area contributed by atoms with E-state index in [1.54, 1.807) is 0 Å². The normalized spacial score (nSPS) is 10.8. The second-order valence-electron chi connectivity index (χ2n) is 4.47. The van der Waals surface area contributed by atoms with Crippen molar-refractivity contribution in [2.45, 2.75) is 6.92 Å². The summed E-state index contributed by atoms with van der Waals surface area (Å²) in [5, 5.41) is 6.08. The summed E-state index contributed by atoms with van der Waals surface area (Å²) in [6.45, 7) is 1.89. The fourth-order valence-corrected chi connectivity index (χ4v) is 2.50. The van der Waals surface area contributed by atoms with Gasteiger partial charge in [-0.25, -0.2) is 9.97 Å². The molecule has 3 rings (SSSR count). The number of nitrogens with one attached hydrogen (secondary N) is 1. The Morgan fingerprint density at radius 2 is 1.80 bits per heavy atom. The second-order valence-corrected chi connectivity index (χ2v) is 5.74. The van der Waals surface area contributed by atoms with E-state index in [-0.39, 0.29) is 0 Å². The van der Waals surface area contributed by atoms with Gasteiger partial charge in [0.1, 0.15) is 17.3 Å². The Kier molecular flexibility index (Phi) is 3.59. The first-order chi connectivity index (χ1) is 9.63. The van der Waals surface area contributed by atoms with Crippen molar-refractivity contribution < 1.29 is 0 Å². The molecule has 20 heavy (non-hydrogen) atoms. The molecular weight excluding hydrogens is 338 g/mol. The highest BCUT2D eigenvalue weighted by Crippen LogP contribution is 2.26. The summed E-state index contributed by atoms with van der Waals surface area (Å²) in [6, 6.07) is 12.4. The third-order valence-corrected chi connectivity index (χ3v) is 3.96. The quantitative estimate of drug-likeness (QED) is 0.655. The molecule has 0 amide bonds. The van der Waals surface area contributed by atoms with Crippen molar-refractivity contribution in [3.05, 3.63) is 57.9 Å². The summed E-state index contributed by atoms with van der Waals surface area (Å²) in [5.41, 5.74) is 1.81. The van der Waals surface area contributed by atoms with Gasteiger partial charge in [-0.1, -0.05) is 39.7 Å². The average molecular weight is 349 g/mol. The minimum absolute atomic E-state index is 0.465. The lowest BCUT2D eigenvalue weighted by Crippen LogP contribution is -1.98. The van der Waals surface area contributed by atoms with E-state index in [0.29, 0.717) is 5.15 Å². The molecule has 0 saturated carbocycles. The highest BCUT2D eigenvalue weighted by atomic mass is 79.9. The molecule has 0 aliphatic carbocycles. The first kappa shape index (κ1) is 13.3. The van der Waals surface area contributed by atoms with Crippen molar-refractivity contribution in [3.8, 4) is 0 Å². The Morgan fingerprint density at radius 1 is 1.05 bits per heavy atom. The Balaban J connectivity index is 1.99. The summed E-state index contributed by atoms with van der Waals surface area (Å²) >= 11 is 9.47. The number of anilines is 2. The van der Waals surface area contributed by atoms with Crippen molar-refractivity contribution in [2.75, 3.05) is 5.32 Å². The topological polar surface area (TPSA) is 37.8 Å². The van der Waals surface area contributed by atoms with E-state index < -0.39 is 0 Å². The van der Waals surface area contributed by atoms with Crippen LogP contribution in [0.2, 0.25) is 5.15 Å². The fraction of sp³-hybridized carbons (Fsp3) is 0.0667. The molecule has 0 fully saturated rings. The van der Waals surface area contributed by atoms with Gasteiger partial charge in [0.15, 0.2) is 0 Å². The summed E-state index contributed by atoms with van der Waals surface area (Å²) < 4.78 is 1.07. The predicted molar refractivity (Wildman–Crippen MR) is 86.7 cm³/mol. The van der Waals surface area contributed by atoms with E-state index in [4.69, 9.17) is 11.6 Å². The maximum absolute atomic E-state index is 6.00. The van der Waals surface area contributed by atoms with E-state index in [2.05, 4.69) is 55.5 Å². The van der Waals surface area contributed by atoms with Crippen molar-refractivity contribution >= 4 is 49.8 Å². The van der Waals surface area contributed by atoms with Crippen molar-refractivity contribution in [3.63, 3.8) is 0 Å². The molecule has 0 spiro atoms. The smallest absolute Gasteiger partial charge is 0.138 e. The Bertz CT molecular complexity index is 789. The summed E-state index contributed by atoms with van der Waals surface area (Å²) in [4.78, 5) is 8.16. The molecule has 1 aromatic heterocycles. The van der Waals surface area contributed by atoms with Gasteiger partial charge in [-0.2, -0.15) is 0 Å². The molecule has 3 aromatic rings. The SMILES string of the molecule is Cc1c(Cl)ncnc1Nc1ccc2cc(Br)ccc2c1. The zero-order chi connectivity index (χ0) is 14.1. The molecule has 0 saturated heterocycles. The lowest BCUT2D eigenvalue weighted by Gasteiger charge is -2.09. The highest BCUT2D eigenvalue weighted by molar-refractivity contribution is 9.10. The number of hydrogen-bond acceptors (Lipinski definition) is 3. The van der Waals surface area contributed by atoms with Gasteiger partial charge >= 0.3 is 0 Å². The van der Waals surface area contributed by atoms with E-state index in [0.717, 1.165) is 26.9 Å². The van der Waals surface area contributed by atoms with E-state index in [1.807, 2.05) is 19.1 Å². The molecule has 5 heteroatoms. The molecule has 2 aromatic carbocycles. The Morgan fingerprint density at radius 3 is 2.65 bits per heavy atom. The molecule has 3 nitrogen and oxygen atoms in total. The van der Waals surface area contributed by atoms with Crippen LogP contribution in [0, 0.1) is 6.92 Å². The molecule has 1 N–H and O–H groups in total. The molecule has 100 valence electrons. The van der Waals surface area contributed by atoms with Crippen LogP contribution in [0.5, 0.6) is 0 Å². The second kappa shape index (κ2) is 5.38. The number of halogens is 2. The average Bonchev–Trinajstić information content (AvgIpc) is 2.44. The van der Waals surface area contributed by atoms with Crippen LogP contribution in [0.25, 0.3) is 10.8 Å². The van der Waals surface area contributed by atoms with Crippen LogP contribution in [0.15, 0.2) is 47.2 Å². The Hall–Kier alpha value is -1.65. The minimum atomic E-state index is 0.465. The fourth-order valence-electron chi connectivity index (χ4n) is 1.99. The van der Waals surface area contributed by atoms with Crippen LogP contribution in [-0.4, -0.2) is 9.97 Å². The van der Waals surface area contributed by atoms with Crippen LogP contribution in [-0.2, 0) is 0 Å². The zero-order valence-electron chi connectivity index (χ0n) is 10.7. The summed E-state index contributed by atoms with van der Waals surface area (Å²) in [6.07, 6.45) is 1.45. The van der Waals surface area contributed by atoms with Gasteiger partial charge in [0.25, 0.3) is 0 Å². The van der Waals surface area contributed by atoms with Gasteiger partial charge < -0.3 is 5.32 Å². The lowest BCUT2D eigenvalue weighted by atomic mass is 10.1. The van der Waals surface area contributed by atoms with E-state index >= 15 is 0 Å². The predicted octanol–water partition coefficient (Wildman–Crippen LogP) is 5.10. The molecule has 0 bridgehead atoms. The van der Waals surface area contributed by atoms with Gasteiger partial charge in [-0.15, -0.1) is 0 Å². The van der Waals surface area contributed by atoms with Crippen LogP contribution < -0.4 is 5.32 Å². The van der Waals surface area contributed by atoms with Crippen LogP contribution >= 0.6 is 27.5 Å². The van der Waals surface area contributed by atoms with Crippen molar-refractivity contribution in [1.29, 1.82) is 0 Å². The molecule has 0 aliphatic rings. The van der Waals surface area contributed by atoms with Gasteiger partial charge in [0.05, 0.1) is 0 Å². The number of nitrogens with zero attached hydrogens (tertiary/aromatic N) is 2. The molecule has 0 atom stereocenters. The van der Waals surface area contributed by atoms with Gasteiger partial charge in [-0.05, 0) is 42.0 Å². The molecule has 1 heterocycles. The molecule has 0 unspecified atom stereocenters. The monoisotopic (exact) mass is 347 g/mol. The standard InChI is InChI=1S/C15H11BrClN3/c1-9-14(17)18-8-19-15(9)20-13-5-3-10-6-12(16)4-2-11(10)7-13/h2-8H,1H3,(H,18,19,20). The van der Waals surface area contributed by atoms with E-state index in [9.17, 15) is 0 Å². The van der Waals surface area contributed by atoms with Crippen LogP contribution in [0.3, 0.4) is 0 Å². The maximum Gasteiger partial charge on any atom is 0.138 e. The zero-order valence-corrected chi connectivity index (χ0v) is 13.0. The lowest BCUT2D eigenvalue weighted by molar-refractivity contribution is 1.13. The van der Waals surface area contributed by atoms with Crippen LogP contribution in [0.4, 0.5) is 11.5 Å². The van der Waals surface area contributed by atoms with Gasteiger partial charge in [0.2, 0.25) is 0 Å². The largest absolute Gasteiger partial charge is 0.340 e. The molecule has 0 aliphatic heterocycles. The number of benzene rings is 2. The number of aromatic nitrogens is 2. The number of fused-ring (bicyclic) bond motifs is 1. The first-order valence-corrected chi connectivity index (χ1v) is 7.24. The molecular formula is C15H11BrClN3. The third kappa shape index (κ3) is 2.62. The number of hydrogen-bond donors (Lipinski definition) is 1. The van der Waals surface area contributed by atoms with Crippen molar-refractivity contribution in [2.24, 2.45) is 0 Å².